The van der Waals surface area contributed by atoms with Gasteiger partial charge in [-0.05, 0) is 31.9 Å². The summed E-state index contributed by atoms with van der Waals surface area (Å²) < 4.78 is 5.55. The Hall–Kier alpha value is -1.55. The van der Waals surface area contributed by atoms with E-state index >= 15 is 0 Å². The van der Waals surface area contributed by atoms with Gasteiger partial charge in [-0.1, -0.05) is 18.2 Å². The molecular formula is C14H19NO3. The molecule has 0 aliphatic heterocycles. The van der Waals surface area contributed by atoms with Crippen LogP contribution in [0.5, 0.6) is 5.75 Å². The minimum absolute atomic E-state index is 0.364. The molecule has 0 heterocycles. The van der Waals surface area contributed by atoms with Gasteiger partial charge in [0.25, 0.3) is 0 Å². The first-order valence-electron chi connectivity index (χ1n) is 6.29. The maximum absolute atomic E-state index is 11.3. The van der Waals surface area contributed by atoms with Crippen LogP contribution in [-0.2, 0) is 4.79 Å². The van der Waals surface area contributed by atoms with E-state index in [9.17, 15) is 9.90 Å². The average molecular weight is 249 g/mol. The van der Waals surface area contributed by atoms with E-state index in [1.54, 1.807) is 6.92 Å². The van der Waals surface area contributed by atoms with Gasteiger partial charge in [0.15, 0.2) is 0 Å². The third-order valence-electron chi connectivity index (χ3n) is 3.19. The number of para-hydroxylation sites is 1. The highest BCUT2D eigenvalue weighted by atomic mass is 16.5. The van der Waals surface area contributed by atoms with Gasteiger partial charge in [-0.3, -0.25) is 10.1 Å². The van der Waals surface area contributed by atoms with E-state index in [0.717, 1.165) is 18.6 Å². The van der Waals surface area contributed by atoms with E-state index < -0.39 is 11.5 Å². The van der Waals surface area contributed by atoms with E-state index in [4.69, 9.17) is 4.74 Å². The third-order valence-corrected chi connectivity index (χ3v) is 3.19. The fourth-order valence-electron chi connectivity index (χ4n) is 1.81. The number of hydrogen-bond donors (Lipinski definition) is 2. The molecule has 0 bridgehead atoms. The Labute approximate surface area is 107 Å². The first kappa shape index (κ1) is 12.9. The maximum atomic E-state index is 11.3. The molecule has 1 unspecified atom stereocenters. The fourth-order valence-corrected chi connectivity index (χ4v) is 1.81. The van der Waals surface area contributed by atoms with Gasteiger partial charge in [-0.25, -0.2) is 0 Å². The van der Waals surface area contributed by atoms with Gasteiger partial charge in [0.2, 0.25) is 0 Å². The lowest BCUT2D eigenvalue weighted by molar-refractivity contribution is -0.144. The normalized spacial score (nSPS) is 18.1. The average Bonchev–Trinajstić information content (AvgIpc) is 3.14. The quantitative estimate of drug-likeness (QED) is 0.776. The predicted molar refractivity (Wildman–Crippen MR) is 68.8 cm³/mol. The Morgan fingerprint density at radius 3 is 2.67 bits per heavy atom. The van der Waals surface area contributed by atoms with Crippen molar-refractivity contribution in [1.82, 2.24) is 5.32 Å². The predicted octanol–water partition coefficient (Wildman–Crippen LogP) is 2.05. The summed E-state index contributed by atoms with van der Waals surface area (Å²) in [4.78, 5) is 11.3. The van der Waals surface area contributed by atoms with Crippen molar-refractivity contribution < 1.29 is 14.6 Å². The standard InChI is InChI=1S/C14H19NO3/c1-14(13(16)17,15-11-7-8-11)9-10-18-12-5-3-2-4-6-12/h2-6,11,15H,7-10H2,1H3,(H,16,17). The second-order valence-corrected chi connectivity index (χ2v) is 4.97. The monoisotopic (exact) mass is 249 g/mol. The molecule has 98 valence electrons. The Balaban J connectivity index is 1.84. The summed E-state index contributed by atoms with van der Waals surface area (Å²) in [6, 6.07) is 9.81. The molecule has 1 atom stereocenters. The number of hydrogen-bond acceptors (Lipinski definition) is 3. The summed E-state index contributed by atoms with van der Waals surface area (Å²) in [5, 5.41) is 12.5. The largest absolute Gasteiger partial charge is 0.494 e. The molecular weight excluding hydrogens is 230 g/mol. The summed E-state index contributed by atoms with van der Waals surface area (Å²) in [6.07, 6.45) is 2.60. The molecule has 0 aromatic heterocycles. The van der Waals surface area contributed by atoms with Crippen LogP contribution < -0.4 is 10.1 Å². The highest BCUT2D eigenvalue weighted by Crippen LogP contribution is 2.24. The molecule has 1 saturated carbocycles. The Kier molecular flexibility index (Phi) is 3.87. The van der Waals surface area contributed by atoms with Crippen LogP contribution in [0.15, 0.2) is 30.3 Å². The van der Waals surface area contributed by atoms with E-state index in [1.165, 1.54) is 0 Å². The van der Waals surface area contributed by atoms with Crippen LogP contribution in [0.3, 0.4) is 0 Å². The number of aliphatic carboxylic acids is 1. The van der Waals surface area contributed by atoms with Gasteiger partial charge in [0, 0.05) is 12.5 Å². The molecule has 0 spiro atoms. The van der Waals surface area contributed by atoms with Crippen LogP contribution in [0.4, 0.5) is 0 Å². The maximum Gasteiger partial charge on any atom is 0.323 e. The summed E-state index contributed by atoms with van der Waals surface area (Å²) in [6.45, 7) is 2.12. The highest BCUT2D eigenvalue weighted by Gasteiger charge is 2.38. The molecule has 4 nitrogen and oxygen atoms in total. The van der Waals surface area contributed by atoms with Gasteiger partial charge in [0.1, 0.15) is 11.3 Å². The van der Waals surface area contributed by atoms with Crippen LogP contribution in [0.1, 0.15) is 26.2 Å². The van der Waals surface area contributed by atoms with Gasteiger partial charge < -0.3 is 9.84 Å². The molecule has 1 aromatic carbocycles. The van der Waals surface area contributed by atoms with E-state index in [1.807, 2.05) is 30.3 Å². The lowest BCUT2D eigenvalue weighted by Crippen LogP contribution is -2.51. The SMILES string of the molecule is CC(CCOc1ccccc1)(NC1CC1)C(=O)O. The molecule has 1 aliphatic rings. The van der Waals surface area contributed by atoms with Crippen molar-refractivity contribution in [3.05, 3.63) is 30.3 Å². The van der Waals surface area contributed by atoms with Crippen molar-refractivity contribution in [2.24, 2.45) is 0 Å². The molecule has 2 N–H and O–H groups in total. The Morgan fingerprint density at radius 1 is 1.44 bits per heavy atom. The summed E-state index contributed by atoms with van der Waals surface area (Å²) in [7, 11) is 0. The fraction of sp³-hybridized carbons (Fsp3) is 0.500. The smallest absolute Gasteiger partial charge is 0.323 e. The van der Waals surface area contributed by atoms with Crippen molar-refractivity contribution in [3.63, 3.8) is 0 Å². The van der Waals surface area contributed by atoms with Crippen LogP contribution in [-0.4, -0.2) is 29.3 Å². The minimum Gasteiger partial charge on any atom is -0.494 e. The van der Waals surface area contributed by atoms with Crippen LogP contribution >= 0.6 is 0 Å². The van der Waals surface area contributed by atoms with Gasteiger partial charge >= 0.3 is 5.97 Å². The van der Waals surface area contributed by atoms with E-state index in [2.05, 4.69) is 5.32 Å². The Morgan fingerprint density at radius 2 is 2.11 bits per heavy atom. The zero-order valence-electron chi connectivity index (χ0n) is 10.6. The molecule has 1 aromatic rings. The number of rotatable bonds is 7. The first-order valence-corrected chi connectivity index (χ1v) is 6.29. The van der Waals surface area contributed by atoms with Crippen molar-refractivity contribution in [2.75, 3.05) is 6.61 Å². The van der Waals surface area contributed by atoms with Gasteiger partial charge in [-0.2, -0.15) is 0 Å². The number of ether oxygens (including phenoxy) is 1. The topological polar surface area (TPSA) is 58.6 Å². The van der Waals surface area contributed by atoms with Crippen LogP contribution in [0, 0.1) is 0 Å². The zero-order chi connectivity index (χ0) is 13.0. The first-order chi connectivity index (χ1) is 8.60. The number of benzene rings is 1. The van der Waals surface area contributed by atoms with Crippen molar-refractivity contribution in [2.45, 2.75) is 37.8 Å². The molecule has 18 heavy (non-hydrogen) atoms. The molecule has 0 amide bonds. The molecule has 0 radical (unpaired) electrons. The van der Waals surface area contributed by atoms with Crippen molar-refractivity contribution in [3.8, 4) is 5.75 Å². The number of carboxylic acid groups (broad SMARTS) is 1. The molecule has 1 fully saturated rings. The van der Waals surface area contributed by atoms with E-state index in [0.29, 0.717) is 19.1 Å². The molecule has 4 heteroatoms. The summed E-state index contributed by atoms with van der Waals surface area (Å²) in [5.74, 6) is -0.0391. The van der Waals surface area contributed by atoms with Gasteiger partial charge in [0.05, 0.1) is 6.61 Å². The minimum atomic E-state index is -0.893. The lowest BCUT2D eigenvalue weighted by Gasteiger charge is -2.26. The summed E-state index contributed by atoms with van der Waals surface area (Å²) >= 11 is 0. The number of nitrogens with one attached hydrogen (secondary N) is 1. The Bertz CT molecular complexity index is 403. The second kappa shape index (κ2) is 5.40. The van der Waals surface area contributed by atoms with Crippen LogP contribution in [0.2, 0.25) is 0 Å². The van der Waals surface area contributed by atoms with Crippen molar-refractivity contribution >= 4 is 5.97 Å². The zero-order valence-corrected chi connectivity index (χ0v) is 10.6. The van der Waals surface area contributed by atoms with Crippen LogP contribution in [0.25, 0.3) is 0 Å². The highest BCUT2D eigenvalue weighted by molar-refractivity contribution is 5.78. The van der Waals surface area contributed by atoms with E-state index in [-0.39, 0.29) is 0 Å². The molecule has 2 rings (SSSR count). The van der Waals surface area contributed by atoms with Gasteiger partial charge in [-0.15, -0.1) is 0 Å². The lowest BCUT2D eigenvalue weighted by atomic mass is 9.98. The second-order valence-electron chi connectivity index (χ2n) is 4.97. The third kappa shape index (κ3) is 3.47. The number of carbonyl (C=O) groups is 1. The molecule has 1 aliphatic carbocycles. The molecule has 0 saturated heterocycles. The van der Waals surface area contributed by atoms with Crippen molar-refractivity contribution in [1.29, 1.82) is 0 Å². The number of carboxylic acids is 1. The summed E-state index contributed by atoms with van der Waals surface area (Å²) in [5.41, 5.74) is -0.893.